The Morgan fingerprint density at radius 2 is 2.14 bits per heavy atom. The molecule has 0 aliphatic carbocycles. The number of fused-ring (bicyclic) bond motifs is 1. The summed E-state index contributed by atoms with van der Waals surface area (Å²) in [6, 6.07) is 4.24. The van der Waals surface area contributed by atoms with Crippen molar-refractivity contribution in [3.63, 3.8) is 0 Å². The van der Waals surface area contributed by atoms with Gasteiger partial charge < -0.3 is 14.6 Å². The summed E-state index contributed by atoms with van der Waals surface area (Å²) in [5.41, 5.74) is 7.88. The molecule has 0 saturated carbocycles. The van der Waals surface area contributed by atoms with Crippen molar-refractivity contribution in [2.45, 2.75) is 18.6 Å². The van der Waals surface area contributed by atoms with Crippen molar-refractivity contribution in [3.05, 3.63) is 55.2 Å². The van der Waals surface area contributed by atoms with E-state index in [2.05, 4.69) is 19.4 Å². The Morgan fingerprint density at radius 3 is 2.86 bits per heavy atom. The number of rotatable bonds is 5. The number of hydrogen-bond donors (Lipinski definition) is 3. The smallest absolute Gasteiger partial charge is 0.390 e. The lowest BCUT2D eigenvalue weighted by Crippen LogP contribution is -2.20. The second kappa shape index (κ2) is 6.23. The van der Waals surface area contributed by atoms with Crippen molar-refractivity contribution >= 4 is 10.9 Å². The number of aromatic amines is 1. The van der Waals surface area contributed by atoms with Crippen LogP contribution in [0.5, 0.6) is 0 Å². The summed E-state index contributed by atoms with van der Waals surface area (Å²) in [5, 5.41) is 23.2. The number of hydrogen-bond acceptors (Lipinski definition) is 6. The van der Waals surface area contributed by atoms with Crippen LogP contribution in [0.4, 0.5) is 0 Å². The molecule has 2 aromatic rings. The third-order valence-electron chi connectivity index (χ3n) is 2.98. The van der Waals surface area contributed by atoms with Gasteiger partial charge in [-0.2, -0.15) is 0 Å². The Labute approximate surface area is 117 Å². The fraction of sp³-hybridized carbons (Fsp3) is 0.333. The highest BCUT2D eigenvalue weighted by Gasteiger charge is 2.18. The lowest BCUT2D eigenvalue weighted by atomic mass is 10.0. The van der Waals surface area contributed by atoms with Crippen LogP contribution in [0.2, 0.25) is 0 Å². The molecular formula is C12H12N4O5. The Balaban J connectivity index is 2.32. The average Bonchev–Trinajstić information content (AvgIpc) is 2.46. The highest BCUT2D eigenvalue weighted by molar-refractivity contribution is 5.77. The van der Waals surface area contributed by atoms with E-state index in [0.717, 1.165) is 0 Å². The molecule has 21 heavy (non-hydrogen) atoms. The number of nitrogens with one attached hydrogen (secondary N) is 1. The summed E-state index contributed by atoms with van der Waals surface area (Å²) in [6.07, 6.45) is -2.33. The van der Waals surface area contributed by atoms with Crippen molar-refractivity contribution in [3.8, 4) is 0 Å². The molecule has 2 unspecified atom stereocenters. The van der Waals surface area contributed by atoms with Gasteiger partial charge in [0.05, 0.1) is 17.0 Å². The minimum absolute atomic E-state index is 0.0395. The minimum Gasteiger partial charge on any atom is -0.390 e. The molecule has 0 bridgehead atoms. The number of nitrogens with zero attached hydrogens (tertiary/aromatic N) is 3. The third kappa shape index (κ3) is 3.29. The minimum atomic E-state index is -1.25. The molecule has 0 amide bonds. The molecule has 1 aromatic carbocycles. The summed E-state index contributed by atoms with van der Waals surface area (Å²) >= 11 is 0. The molecule has 0 aliphatic rings. The molecule has 2 rings (SSSR count). The number of aliphatic hydroxyl groups excluding tert-OH is 2. The second-order valence-corrected chi connectivity index (χ2v) is 4.36. The van der Waals surface area contributed by atoms with Gasteiger partial charge in [-0.1, -0.05) is 11.2 Å². The molecule has 3 N–H and O–H groups in total. The van der Waals surface area contributed by atoms with Gasteiger partial charge in [0.15, 0.2) is 0 Å². The molecule has 0 saturated heterocycles. The maximum atomic E-state index is 11.6. The number of azide groups is 1. The van der Waals surface area contributed by atoms with E-state index < -0.39 is 23.6 Å². The van der Waals surface area contributed by atoms with Crippen LogP contribution in [0.1, 0.15) is 18.1 Å². The predicted molar refractivity (Wildman–Crippen MR) is 72.7 cm³/mol. The van der Waals surface area contributed by atoms with Gasteiger partial charge in [0.25, 0.3) is 0 Å². The van der Waals surface area contributed by atoms with E-state index in [1.54, 1.807) is 0 Å². The quantitative estimate of drug-likeness (QED) is 0.418. The molecule has 110 valence electrons. The van der Waals surface area contributed by atoms with E-state index in [9.17, 15) is 19.8 Å². The summed E-state index contributed by atoms with van der Waals surface area (Å²) in [7, 11) is 0. The monoisotopic (exact) mass is 292 g/mol. The molecule has 9 heteroatoms. The third-order valence-corrected chi connectivity index (χ3v) is 2.98. The fourth-order valence-corrected chi connectivity index (χ4v) is 1.91. The standard InChI is InChI=1S/C12H12N4O5/c13-16-14-4-3-9(17)10(18)6-1-2-8-7(5-6)11(19)21-12(20)15-8/h1-2,5,9-10,17-18H,3-4H2,(H,15,20). The normalized spacial score (nSPS) is 13.6. The van der Waals surface area contributed by atoms with Crippen LogP contribution in [0, 0.1) is 0 Å². The maximum absolute atomic E-state index is 11.6. The first-order chi connectivity index (χ1) is 10.0. The molecule has 1 heterocycles. The van der Waals surface area contributed by atoms with E-state index in [-0.39, 0.29) is 29.4 Å². The fourth-order valence-electron chi connectivity index (χ4n) is 1.91. The average molecular weight is 292 g/mol. The Hall–Kier alpha value is -2.61. The Bertz CT molecular complexity index is 805. The molecule has 1 aromatic heterocycles. The number of aromatic nitrogens is 1. The van der Waals surface area contributed by atoms with Crippen molar-refractivity contribution in [2.75, 3.05) is 6.54 Å². The van der Waals surface area contributed by atoms with E-state index in [0.29, 0.717) is 0 Å². The van der Waals surface area contributed by atoms with Crippen molar-refractivity contribution < 1.29 is 14.6 Å². The summed E-state index contributed by atoms with van der Waals surface area (Å²) in [6.45, 7) is 0.0395. The zero-order chi connectivity index (χ0) is 15.4. The first-order valence-corrected chi connectivity index (χ1v) is 6.07. The number of benzene rings is 1. The van der Waals surface area contributed by atoms with Crippen molar-refractivity contribution in [2.24, 2.45) is 5.11 Å². The first-order valence-electron chi connectivity index (χ1n) is 6.07. The Morgan fingerprint density at radius 1 is 1.38 bits per heavy atom. The highest BCUT2D eigenvalue weighted by atomic mass is 16.4. The van der Waals surface area contributed by atoms with Gasteiger partial charge in [0.2, 0.25) is 0 Å². The van der Waals surface area contributed by atoms with Gasteiger partial charge in [-0.25, -0.2) is 9.59 Å². The van der Waals surface area contributed by atoms with Gasteiger partial charge >= 0.3 is 11.4 Å². The molecule has 0 radical (unpaired) electrons. The molecule has 2 atom stereocenters. The van der Waals surface area contributed by atoms with Crippen molar-refractivity contribution in [1.29, 1.82) is 0 Å². The van der Waals surface area contributed by atoms with Crippen LogP contribution in [0.15, 0.2) is 37.3 Å². The van der Waals surface area contributed by atoms with E-state index >= 15 is 0 Å². The summed E-state index contributed by atoms with van der Waals surface area (Å²) < 4.78 is 4.40. The highest BCUT2D eigenvalue weighted by Crippen LogP contribution is 2.21. The van der Waals surface area contributed by atoms with E-state index in [1.165, 1.54) is 18.2 Å². The molecule has 0 spiro atoms. The molecule has 0 fully saturated rings. The molecular weight excluding hydrogens is 280 g/mol. The van der Waals surface area contributed by atoms with Gasteiger partial charge in [0, 0.05) is 11.5 Å². The Kier molecular flexibility index (Phi) is 4.39. The van der Waals surface area contributed by atoms with E-state index in [1.807, 2.05) is 0 Å². The van der Waals surface area contributed by atoms with Gasteiger partial charge in [-0.05, 0) is 29.6 Å². The summed E-state index contributed by atoms with van der Waals surface area (Å²) in [5.74, 6) is -0.866. The summed E-state index contributed by atoms with van der Waals surface area (Å²) in [4.78, 5) is 27.5. The van der Waals surface area contributed by atoms with Crippen LogP contribution >= 0.6 is 0 Å². The lowest BCUT2D eigenvalue weighted by Gasteiger charge is -2.17. The largest absolute Gasteiger partial charge is 0.419 e. The maximum Gasteiger partial charge on any atom is 0.419 e. The van der Waals surface area contributed by atoms with Crippen LogP contribution in [0.25, 0.3) is 21.3 Å². The second-order valence-electron chi connectivity index (χ2n) is 4.36. The lowest BCUT2D eigenvalue weighted by molar-refractivity contribution is 0.0151. The van der Waals surface area contributed by atoms with E-state index in [4.69, 9.17) is 5.53 Å². The van der Waals surface area contributed by atoms with Crippen LogP contribution in [-0.4, -0.2) is 27.8 Å². The zero-order valence-corrected chi connectivity index (χ0v) is 10.8. The van der Waals surface area contributed by atoms with Crippen LogP contribution in [0.3, 0.4) is 0 Å². The van der Waals surface area contributed by atoms with Crippen molar-refractivity contribution in [1.82, 2.24) is 4.98 Å². The number of H-pyrrole nitrogens is 1. The molecule has 0 aliphatic heterocycles. The topological polar surface area (TPSA) is 152 Å². The SMILES string of the molecule is [N-]=[N+]=NCCC(O)C(O)c1ccc2[nH]c(=O)oc(=O)c2c1. The van der Waals surface area contributed by atoms with Crippen LogP contribution in [-0.2, 0) is 0 Å². The molecule has 9 nitrogen and oxygen atoms in total. The van der Waals surface area contributed by atoms with Crippen LogP contribution < -0.4 is 11.4 Å². The zero-order valence-electron chi connectivity index (χ0n) is 10.8. The van der Waals surface area contributed by atoms with Gasteiger partial charge in [0.1, 0.15) is 6.10 Å². The first kappa shape index (κ1) is 14.8. The van der Waals surface area contributed by atoms with Gasteiger partial charge in [-0.15, -0.1) is 0 Å². The van der Waals surface area contributed by atoms with Gasteiger partial charge in [-0.3, -0.25) is 4.98 Å². The number of aliphatic hydroxyl groups is 2. The predicted octanol–water partition coefficient (Wildman–Crippen LogP) is 0.576.